The van der Waals surface area contributed by atoms with Crippen LogP contribution in [0.3, 0.4) is 0 Å². The summed E-state index contributed by atoms with van der Waals surface area (Å²) in [4.78, 5) is 13.9. The van der Waals surface area contributed by atoms with Crippen LogP contribution in [0.5, 0.6) is 0 Å². The Morgan fingerprint density at radius 3 is 2.96 bits per heavy atom. The molecule has 0 bridgehead atoms. The van der Waals surface area contributed by atoms with Crippen LogP contribution in [-0.2, 0) is 17.8 Å². The van der Waals surface area contributed by atoms with Crippen LogP contribution >= 0.6 is 0 Å². The Kier molecular flexibility index (Phi) is 4.92. The zero-order chi connectivity index (χ0) is 17.2. The molecule has 1 unspecified atom stereocenters. The molecule has 1 atom stereocenters. The molecule has 5 heteroatoms. The Labute approximate surface area is 142 Å². The van der Waals surface area contributed by atoms with Gasteiger partial charge in [-0.3, -0.25) is 9.69 Å². The summed E-state index contributed by atoms with van der Waals surface area (Å²) in [6.07, 6.45) is 2.57. The summed E-state index contributed by atoms with van der Waals surface area (Å²) < 4.78 is 5.97. The minimum absolute atomic E-state index is 0.109. The first-order valence-corrected chi connectivity index (χ1v) is 8.69. The van der Waals surface area contributed by atoms with Gasteiger partial charge in [-0.15, -0.1) is 0 Å². The third kappa shape index (κ3) is 3.47. The molecule has 0 aliphatic carbocycles. The normalized spacial score (nSPS) is 22.0. The van der Waals surface area contributed by atoms with E-state index in [1.54, 1.807) is 7.05 Å². The SMILES string of the molecule is CCc1oc2ccccc2c1CN1CCCC(O)(CC(=O)NC)C1. The summed E-state index contributed by atoms with van der Waals surface area (Å²) in [6, 6.07) is 8.10. The second-order valence-corrected chi connectivity index (χ2v) is 6.74. The van der Waals surface area contributed by atoms with Gasteiger partial charge in [-0.05, 0) is 25.5 Å². The van der Waals surface area contributed by atoms with E-state index in [2.05, 4.69) is 23.2 Å². The fraction of sp³-hybridized carbons (Fsp3) is 0.526. The summed E-state index contributed by atoms with van der Waals surface area (Å²) >= 11 is 0. The maximum absolute atomic E-state index is 11.7. The van der Waals surface area contributed by atoms with Crippen molar-refractivity contribution in [2.45, 2.75) is 44.8 Å². The van der Waals surface area contributed by atoms with Crippen molar-refractivity contribution in [1.82, 2.24) is 10.2 Å². The third-order valence-corrected chi connectivity index (χ3v) is 4.89. The van der Waals surface area contributed by atoms with Crippen LogP contribution in [0.4, 0.5) is 0 Å². The van der Waals surface area contributed by atoms with Gasteiger partial charge in [0.25, 0.3) is 0 Å². The van der Waals surface area contributed by atoms with E-state index in [0.29, 0.717) is 13.0 Å². The molecule has 1 aliphatic rings. The molecule has 3 rings (SSSR count). The van der Waals surface area contributed by atoms with Gasteiger partial charge in [-0.1, -0.05) is 25.1 Å². The van der Waals surface area contributed by atoms with Gasteiger partial charge in [-0.25, -0.2) is 0 Å². The number of furan rings is 1. The number of aryl methyl sites for hydroxylation is 1. The maximum Gasteiger partial charge on any atom is 0.222 e. The fourth-order valence-electron chi connectivity index (χ4n) is 3.70. The molecule has 0 radical (unpaired) electrons. The molecular weight excluding hydrogens is 304 g/mol. The highest BCUT2D eigenvalue weighted by Gasteiger charge is 2.35. The minimum Gasteiger partial charge on any atom is -0.461 e. The van der Waals surface area contributed by atoms with Crippen molar-refractivity contribution in [1.29, 1.82) is 0 Å². The summed E-state index contributed by atoms with van der Waals surface area (Å²) in [5.74, 6) is 0.902. The van der Waals surface area contributed by atoms with E-state index in [9.17, 15) is 9.90 Å². The molecule has 2 aromatic rings. The minimum atomic E-state index is -0.940. The van der Waals surface area contributed by atoms with E-state index in [0.717, 1.165) is 42.7 Å². The first-order chi connectivity index (χ1) is 11.5. The van der Waals surface area contributed by atoms with Gasteiger partial charge < -0.3 is 14.8 Å². The molecule has 1 saturated heterocycles. The molecular formula is C19H26N2O3. The summed E-state index contributed by atoms with van der Waals surface area (Å²) in [5, 5.41) is 14.5. The number of aliphatic hydroxyl groups is 1. The van der Waals surface area contributed by atoms with Crippen LogP contribution in [-0.4, -0.2) is 41.7 Å². The van der Waals surface area contributed by atoms with Gasteiger partial charge in [0.1, 0.15) is 11.3 Å². The number of nitrogens with one attached hydrogen (secondary N) is 1. The second-order valence-electron chi connectivity index (χ2n) is 6.74. The Morgan fingerprint density at radius 1 is 1.42 bits per heavy atom. The van der Waals surface area contributed by atoms with Crippen LogP contribution in [0, 0.1) is 0 Å². The molecule has 2 heterocycles. The number of β-amino-alcohol motifs (C(OH)–C–C–N with tert-alkyl or cyclic N) is 1. The van der Waals surface area contributed by atoms with Crippen molar-refractivity contribution in [2.24, 2.45) is 0 Å². The monoisotopic (exact) mass is 330 g/mol. The second kappa shape index (κ2) is 6.95. The van der Waals surface area contributed by atoms with Crippen LogP contribution in [0.2, 0.25) is 0 Å². The summed E-state index contributed by atoms with van der Waals surface area (Å²) in [5.41, 5.74) is 1.18. The standard InChI is InChI=1S/C19H26N2O3/c1-3-16-15(14-7-4-5-8-17(14)24-16)12-21-10-6-9-19(23,13-21)11-18(22)20-2/h4-5,7-8,23H,3,6,9-13H2,1-2H3,(H,20,22). The largest absolute Gasteiger partial charge is 0.461 e. The zero-order valence-corrected chi connectivity index (χ0v) is 14.5. The molecule has 2 N–H and O–H groups in total. The molecule has 1 fully saturated rings. The van der Waals surface area contributed by atoms with Crippen LogP contribution in [0.1, 0.15) is 37.5 Å². The Balaban J connectivity index is 1.80. The molecule has 5 nitrogen and oxygen atoms in total. The average Bonchev–Trinajstić information content (AvgIpc) is 2.92. The molecule has 1 amide bonds. The molecule has 130 valence electrons. The number of hydrogen-bond donors (Lipinski definition) is 2. The summed E-state index contributed by atoms with van der Waals surface area (Å²) in [6.45, 7) is 4.29. The number of amides is 1. The number of carbonyl (C=O) groups excluding carboxylic acids is 1. The maximum atomic E-state index is 11.7. The van der Waals surface area contributed by atoms with Crippen molar-refractivity contribution >= 4 is 16.9 Å². The third-order valence-electron chi connectivity index (χ3n) is 4.89. The lowest BCUT2D eigenvalue weighted by Crippen LogP contribution is -2.49. The highest BCUT2D eigenvalue weighted by molar-refractivity contribution is 5.82. The quantitative estimate of drug-likeness (QED) is 0.884. The molecule has 1 aromatic carbocycles. The van der Waals surface area contributed by atoms with Gasteiger partial charge in [0.2, 0.25) is 5.91 Å². The van der Waals surface area contributed by atoms with Gasteiger partial charge in [0, 0.05) is 37.5 Å². The zero-order valence-electron chi connectivity index (χ0n) is 14.5. The Morgan fingerprint density at radius 2 is 2.21 bits per heavy atom. The van der Waals surface area contributed by atoms with Crippen molar-refractivity contribution in [3.05, 3.63) is 35.6 Å². The first-order valence-electron chi connectivity index (χ1n) is 8.69. The lowest BCUT2D eigenvalue weighted by atomic mass is 9.89. The predicted octanol–water partition coefficient (Wildman–Crippen LogP) is 2.46. The molecule has 0 saturated carbocycles. The van der Waals surface area contributed by atoms with E-state index >= 15 is 0 Å². The lowest BCUT2D eigenvalue weighted by molar-refractivity contribution is -0.128. The lowest BCUT2D eigenvalue weighted by Gasteiger charge is -2.38. The van der Waals surface area contributed by atoms with Crippen LogP contribution in [0.15, 0.2) is 28.7 Å². The molecule has 0 spiro atoms. The molecule has 1 aliphatic heterocycles. The number of rotatable bonds is 5. The molecule has 1 aromatic heterocycles. The van der Waals surface area contributed by atoms with Gasteiger partial charge in [0.05, 0.1) is 12.0 Å². The number of hydrogen-bond acceptors (Lipinski definition) is 4. The highest BCUT2D eigenvalue weighted by Crippen LogP contribution is 2.30. The van der Waals surface area contributed by atoms with Gasteiger partial charge in [0.15, 0.2) is 0 Å². The van der Waals surface area contributed by atoms with E-state index in [1.807, 2.05) is 18.2 Å². The number of fused-ring (bicyclic) bond motifs is 1. The van der Waals surface area contributed by atoms with Gasteiger partial charge in [-0.2, -0.15) is 0 Å². The Bertz CT molecular complexity index is 724. The highest BCUT2D eigenvalue weighted by atomic mass is 16.3. The van der Waals surface area contributed by atoms with Crippen molar-refractivity contribution < 1.29 is 14.3 Å². The number of likely N-dealkylation sites (tertiary alicyclic amines) is 1. The van der Waals surface area contributed by atoms with E-state index < -0.39 is 5.60 Å². The predicted molar refractivity (Wildman–Crippen MR) is 93.7 cm³/mol. The smallest absolute Gasteiger partial charge is 0.222 e. The topological polar surface area (TPSA) is 65.7 Å². The number of piperidine rings is 1. The van der Waals surface area contributed by atoms with Gasteiger partial charge >= 0.3 is 0 Å². The van der Waals surface area contributed by atoms with Crippen molar-refractivity contribution in [3.8, 4) is 0 Å². The van der Waals surface area contributed by atoms with Crippen molar-refractivity contribution in [3.63, 3.8) is 0 Å². The van der Waals surface area contributed by atoms with E-state index in [1.165, 1.54) is 5.56 Å². The van der Waals surface area contributed by atoms with Crippen molar-refractivity contribution in [2.75, 3.05) is 20.1 Å². The first kappa shape index (κ1) is 17.0. The van der Waals surface area contributed by atoms with E-state index in [4.69, 9.17) is 4.42 Å². The number of nitrogens with zero attached hydrogens (tertiary/aromatic N) is 1. The summed E-state index contributed by atoms with van der Waals surface area (Å²) in [7, 11) is 1.61. The number of para-hydroxylation sites is 1. The van der Waals surface area contributed by atoms with E-state index in [-0.39, 0.29) is 12.3 Å². The Hall–Kier alpha value is -1.85. The number of carbonyl (C=O) groups is 1. The van der Waals surface area contributed by atoms with Crippen LogP contribution in [0.25, 0.3) is 11.0 Å². The molecule has 24 heavy (non-hydrogen) atoms. The average molecular weight is 330 g/mol. The fourth-order valence-corrected chi connectivity index (χ4v) is 3.70. The number of benzene rings is 1. The van der Waals surface area contributed by atoms with Crippen LogP contribution < -0.4 is 5.32 Å².